The van der Waals surface area contributed by atoms with Crippen LogP contribution in [0.15, 0.2) is 29.3 Å². The Morgan fingerprint density at radius 1 is 1.39 bits per heavy atom. The zero-order valence-electron chi connectivity index (χ0n) is 11.0. The summed E-state index contributed by atoms with van der Waals surface area (Å²) in [5, 5.41) is 5.19. The van der Waals surface area contributed by atoms with Gasteiger partial charge in [0.1, 0.15) is 5.75 Å². The van der Waals surface area contributed by atoms with Crippen molar-refractivity contribution in [3.05, 3.63) is 29.8 Å². The first kappa shape index (κ1) is 13.3. The van der Waals surface area contributed by atoms with Crippen molar-refractivity contribution < 1.29 is 4.74 Å². The van der Waals surface area contributed by atoms with Gasteiger partial charge >= 0.3 is 0 Å². The molecule has 1 aliphatic heterocycles. The van der Waals surface area contributed by atoms with Crippen LogP contribution in [0, 0.1) is 0 Å². The molecule has 0 saturated carbocycles. The molecule has 4 heteroatoms. The maximum Gasteiger partial charge on any atom is 0.156 e. The van der Waals surface area contributed by atoms with Crippen LogP contribution < -0.4 is 10.1 Å². The lowest BCUT2D eigenvalue weighted by Crippen LogP contribution is -2.22. The zero-order chi connectivity index (χ0) is 12.8. The topological polar surface area (TPSA) is 33.6 Å². The van der Waals surface area contributed by atoms with E-state index in [-0.39, 0.29) is 0 Å². The van der Waals surface area contributed by atoms with Gasteiger partial charge in [-0.15, -0.1) is 0 Å². The number of hydrogen-bond donors (Lipinski definition) is 1. The minimum atomic E-state index is 0.675. The molecule has 1 unspecified atom stereocenters. The molecule has 1 N–H and O–H groups in total. The van der Waals surface area contributed by atoms with Crippen molar-refractivity contribution in [2.75, 3.05) is 20.2 Å². The zero-order valence-corrected chi connectivity index (χ0v) is 11.8. The summed E-state index contributed by atoms with van der Waals surface area (Å²) >= 11 is 1.87. The lowest BCUT2D eigenvalue weighted by atomic mass is 10.1. The number of methoxy groups -OCH3 is 1. The van der Waals surface area contributed by atoms with Crippen molar-refractivity contribution in [3.63, 3.8) is 0 Å². The normalized spacial score (nSPS) is 18.6. The van der Waals surface area contributed by atoms with Crippen LogP contribution in [0.25, 0.3) is 0 Å². The Kier molecular flexibility index (Phi) is 4.93. The summed E-state index contributed by atoms with van der Waals surface area (Å²) in [5.41, 5.74) is 1.32. The van der Waals surface area contributed by atoms with Crippen LogP contribution in [0.1, 0.15) is 18.9 Å². The average Bonchev–Trinajstić information content (AvgIpc) is 2.87. The molecule has 1 aromatic rings. The first-order chi connectivity index (χ1) is 8.81. The molecular formula is C14H20N2OS. The molecule has 0 spiro atoms. The lowest BCUT2D eigenvalue weighted by molar-refractivity contribution is 0.414. The molecule has 0 saturated heterocycles. The molecule has 0 bridgehead atoms. The second-order valence-electron chi connectivity index (χ2n) is 4.32. The first-order valence-electron chi connectivity index (χ1n) is 6.39. The number of rotatable bonds is 5. The predicted molar refractivity (Wildman–Crippen MR) is 78.7 cm³/mol. The molecule has 1 aliphatic rings. The third-order valence-electron chi connectivity index (χ3n) is 3.02. The number of nitrogens with zero attached hydrogens (tertiary/aromatic N) is 1. The van der Waals surface area contributed by atoms with E-state index in [0.717, 1.165) is 30.4 Å². The minimum Gasteiger partial charge on any atom is -0.497 e. The van der Waals surface area contributed by atoms with Crippen LogP contribution in [0.4, 0.5) is 0 Å². The molecule has 0 aromatic heterocycles. The van der Waals surface area contributed by atoms with Gasteiger partial charge < -0.3 is 10.1 Å². The largest absolute Gasteiger partial charge is 0.497 e. The molecule has 0 fully saturated rings. The number of nitrogens with one attached hydrogen (secondary N) is 1. The summed E-state index contributed by atoms with van der Waals surface area (Å²) in [7, 11) is 1.69. The fraction of sp³-hybridized carbons (Fsp3) is 0.500. The van der Waals surface area contributed by atoms with Gasteiger partial charge in [-0.1, -0.05) is 30.8 Å². The van der Waals surface area contributed by atoms with Gasteiger partial charge in [-0.25, -0.2) is 0 Å². The van der Waals surface area contributed by atoms with Crippen molar-refractivity contribution in [3.8, 4) is 5.75 Å². The molecule has 3 nitrogen and oxygen atoms in total. The third kappa shape index (κ3) is 3.67. The van der Waals surface area contributed by atoms with Gasteiger partial charge in [0, 0.05) is 11.8 Å². The number of benzene rings is 1. The molecule has 1 atom stereocenters. The average molecular weight is 264 g/mol. The van der Waals surface area contributed by atoms with Crippen molar-refractivity contribution in [1.82, 2.24) is 5.32 Å². The Labute approximate surface area is 113 Å². The highest BCUT2D eigenvalue weighted by atomic mass is 32.2. The van der Waals surface area contributed by atoms with Gasteiger partial charge in [-0.05, 0) is 30.5 Å². The summed E-state index contributed by atoms with van der Waals surface area (Å²) in [6, 6.07) is 8.23. The van der Waals surface area contributed by atoms with Crippen LogP contribution >= 0.6 is 11.8 Å². The smallest absolute Gasteiger partial charge is 0.156 e. The standard InChI is InChI=1S/C14H20N2OS/c1-3-13-10-16-14(18-13)15-9-8-11-4-6-12(17-2)7-5-11/h4-7,13H,3,8-10H2,1-2H3,(H,15,16). The fourth-order valence-corrected chi connectivity index (χ4v) is 2.80. The monoisotopic (exact) mass is 264 g/mol. The molecule has 0 aliphatic carbocycles. The maximum absolute atomic E-state index is 5.14. The van der Waals surface area contributed by atoms with Gasteiger partial charge in [0.05, 0.1) is 13.7 Å². The highest BCUT2D eigenvalue weighted by molar-refractivity contribution is 8.14. The van der Waals surface area contributed by atoms with E-state index in [9.17, 15) is 0 Å². The van der Waals surface area contributed by atoms with Gasteiger partial charge in [-0.3, -0.25) is 4.99 Å². The first-order valence-corrected chi connectivity index (χ1v) is 7.27. The molecule has 1 heterocycles. The molecule has 0 radical (unpaired) electrons. The number of thioether (sulfide) groups is 1. The van der Waals surface area contributed by atoms with E-state index in [1.807, 2.05) is 23.9 Å². The van der Waals surface area contributed by atoms with Crippen LogP contribution in [-0.4, -0.2) is 30.6 Å². The molecule has 18 heavy (non-hydrogen) atoms. The van der Waals surface area contributed by atoms with Crippen LogP contribution in [0.3, 0.4) is 0 Å². The number of ether oxygens (including phenoxy) is 1. The number of aliphatic imine (C=N–C) groups is 1. The highest BCUT2D eigenvalue weighted by Gasteiger charge is 2.16. The van der Waals surface area contributed by atoms with Crippen molar-refractivity contribution in [2.24, 2.45) is 4.99 Å². The molecule has 1 aromatic carbocycles. The third-order valence-corrected chi connectivity index (χ3v) is 4.33. The number of hydrogen-bond acceptors (Lipinski definition) is 4. The predicted octanol–water partition coefficient (Wildman–Crippen LogP) is 2.71. The summed E-state index contributed by atoms with van der Waals surface area (Å²) < 4.78 is 5.14. The Hall–Kier alpha value is -1.16. The van der Waals surface area contributed by atoms with Crippen LogP contribution in [0.5, 0.6) is 5.75 Å². The van der Waals surface area contributed by atoms with Gasteiger partial charge in [-0.2, -0.15) is 0 Å². The Morgan fingerprint density at radius 3 is 2.78 bits per heavy atom. The van der Waals surface area contributed by atoms with E-state index in [4.69, 9.17) is 4.74 Å². The van der Waals surface area contributed by atoms with Crippen molar-refractivity contribution in [1.29, 1.82) is 0 Å². The van der Waals surface area contributed by atoms with Gasteiger partial charge in [0.25, 0.3) is 0 Å². The summed E-state index contributed by atoms with van der Waals surface area (Å²) in [4.78, 5) is 4.50. The van der Waals surface area contributed by atoms with Crippen molar-refractivity contribution >= 4 is 16.9 Å². The van der Waals surface area contributed by atoms with Crippen LogP contribution in [-0.2, 0) is 6.42 Å². The lowest BCUT2D eigenvalue weighted by Gasteiger charge is -2.07. The number of amidine groups is 1. The van der Waals surface area contributed by atoms with E-state index in [1.165, 1.54) is 12.0 Å². The van der Waals surface area contributed by atoms with E-state index >= 15 is 0 Å². The SMILES string of the molecule is CCC1CN=C(NCCc2ccc(OC)cc2)S1. The Bertz CT molecular complexity index is 403. The van der Waals surface area contributed by atoms with E-state index in [2.05, 4.69) is 29.4 Å². The second-order valence-corrected chi connectivity index (χ2v) is 5.61. The molecule has 0 amide bonds. The molecule has 2 rings (SSSR count). The minimum absolute atomic E-state index is 0.675. The quantitative estimate of drug-likeness (QED) is 0.888. The Balaban J connectivity index is 1.72. The van der Waals surface area contributed by atoms with E-state index in [1.54, 1.807) is 7.11 Å². The van der Waals surface area contributed by atoms with Crippen LogP contribution in [0.2, 0.25) is 0 Å². The summed E-state index contributed by atoms with van der Waals surface area (Å²) in [6.07, 6.45) is 2.21. The van der Waals surface area contributed by atoms with Gasteiger partial charge in [0.2, 0.25) is 0 Å². The maximum atomic E-state index is 5.14. The second kappa shape index (κ2) is 6.69. The molecular weight excluding hydrogens is 244 g/mol. The van der Waals surface area contributed by atoms with Crippen molar-refractivity contribution in [2.45, 2.75) is 25.0 Å². The van der Waals surface area contributed by atoms with Gasteiger partial charge in [0.15, 0.2) is 5.17 Å². The highest BCUT2D eigenvalue weighted by Crippen LogP contribution is 2.21. The van der Waals surface area contributed by atoms with E-state index in [0.29, 0.717) is 5.25 Å². The summed E-state index contributed by atoms with van der Waals surface area (Å²) in [5.74, 6) is 0.910. The summed E-state index contributed by atoms with van der Waals surface area (Å²) in [6.45, 7) is 4.12. The van der Waals surface area contributed by atoms with E-state index < -0.39 is 0 Å². The fourth-order valence-electron chi connectivity index (χ4n) is 1.83. The molecule has 98 valence electrons. The Morgan fingerprint density at radius 2 is 2.17 bits per heavy atom.